The highest BCUT2D eigenvalue weighted by Gasteiger charge is 2.50. The topological polar surface area (TPSA) is 118 Å². The zero-order valence-corrected chi connectivity index (χ0v) is 24.2. The lowest BCUT2D eigenvalue weighted by Crippen LogP contribution is -2.52. The average Bonchev–Trinajstić information content (AvgIpc) is 3.52. The van der Waals surface area contributed by atoms with Crippen molar-refractivity contribution < 1.29 is 37.4 Å². The molecule has 1 aliphatic carbocycles. The van der Waals surface area contributed by atoms with E-state index in [1.54, 1.807) is 28.9 Å². The van der Waals surface area contributed by atoms with Crippen LogP contribution in [0.15, 0.2) is 12.1 Å². The molecule has 2 fully saturated rings. The fourth-order valence-corrected chi connectivity index (χ4v) is 6.90. The molecular formula is C28H33ClF3N5O5. The van der Waals surface area contributed by atoms with Crippen LogP contribution < -0.4 is 4.74 Å². The van der Waals surface area contributed by atoms with Crippen molar-refractivity contribution in [2.75, 3.05) is 19.6 Å². The van der Waals surface area contributed by atoms with E-state index in [4.69, 9.17) is 16.3 Å². The molecule has 1 N–H and O–H groups in total. The third-order valence-corrected chi connectivity index (χ3v) is 9.30. The largest absolute Gasteiger partial charge is 0.487 e. The Morgan fingerprint density at radius 1 is 1.19 bits per heavy atom. The number of carboxylic acids is 1. The van der Waals surface area contributed by atoms with E-state index in [9.17, 15) is 32.7 Å². The van der Waals surface area contributed by atoms with Gasteiger partial charge in [-0.3, -0.25) is 14.4 Å². The van der Waals surface area contributed by atoms with Gasteiger partial charge < -0.3 is 19.6 Å². The van der Waals surface area contributed by atoms with Gasteiger partial charge in [-0.1, -0.05) is 29.7 Å². The minimum atomic E-state index is -4.70. The Kier molecular flexibility index (Phi) is 8.16. The van der Waals surface area contributed by atoms with Gasteiger partial charge in [0.1, 0.15) is 18.1 Å². The number of hydrogen-bond donors (Lipinski definition) is 1. The number of rotatable bonds is 7. The third-order valence-electron chi connectivity index (χ3n) is 8.94. The number of nitrogens with zero attached hydrogens (tertiary/aromatic N) is 5. The highest BCUT2D eigenvalue weighted by atomic mass is 35.5. The van der Waals surface area contributed by atoms with Crippen molar-refractivity contribution in [3.8, 4) is 5.75 Å². The molecular weight excluding hydrogens is 579 g/mol. The molecule has 1 saturated carbocycles. The summed E-state index contributed by atoms with van der Waals surface area (Å²) >= 11 is 6.60. The first-order chi connectivity index (χ1) is 19.8. The average molecular weight is 612 g/mol. The van der Waals surface area contributed by atoms with Crippen molar-refractivity contribution in [3.05, 3.63) is 39.7 Å². The molecule has 2 aromatic rings. The predicted octanol–water partition coefficient (Wildman–Crippen LogP) is 4.40. The normalized spacial score (nSPS) is 24.6. The van der Waals surface area contributed by atoms with Gasteiger partial charge >= 0.3 is 12.1 Å². The zero-order chi connectivity index (χ0) is 30.4. The van der Waals surface area contributed by atoms with Crippen molar-refractivity contribution in [1.29, 1.82) is 0 Å². The number of hydrogen-bond acceptors (Lipinski definition) is 6. The Hall–Kier alpha value is -3.35. The van der Waals surface area contributed by atoms with E-state index in [1.165, 1.54) is 0 Å². The SMILES string of the molecule is Cn1nnc(COc2ccc(Cl)c3c2C(CN2CCCC2=O)N(C(=O)[C@@H]2CCCC[C@]2(C)C(=O)O)CC3)c1C(F)(F)F. The molecule has 1 unspecified atom stereocenters. The standard InChI is InChI=1S/C28H33ClF3N5O5/c1-27(26(40)41)11-4-3-6-17(27)25(39)37-13-10-16-18(29)8-9-21(23(16)20(37)14-36-12-5-7-22(36)38)42-15-19-24(28(30,31)32)35(2)34-33-19/h8-9,17,20H,3-7,10-15H2,1-2H3,(H,40,41)/t17-,20?,27-/m0/s1. The number of ether oxygens (including phenoxy) is 1. The number of carbonyl (C=O) groups excluding carboxylic acids is 2. The molecule has 3 aliphatic rings. The van der Waals surface area contributed by atoms with E-state index in [2.05, 4.69) is 10.3 Å². The molecule has 0 bridgehead atoms. The minimum absolute atomic E-state index is 0.0681. The number of aryl methyl sites for hydroxylation is 1. The Balaban J connectivity index is 1.54. The van der Waals surface area contributed by atoms with Crippen LogP contribution in [0.5, 0.6) is 5.75 Å². The summed E-state index contributed by atoms with van der Waals surface area (Å²) in [6.45, 7) is 1.94. The third kappa shape index (κ3) is 5.43. The lowest BCUT2D eigenvalue weighted by Gasteiger charge is -2.45. The van der Waals surface area contributed by atoms with Crippen LogP contribution in [0.1, 0.15) is 74.0 Å². The zero-order valence-electron chi connectivity index (χ0n) is 23.4. The van der Waals surface area contributed by atoms with E-state index in [1.807, 2.05) is 0 Å². The molecule has 5 rings (SSSR count). The highest BCUT2D eigenvalue weighted by Crippen LogP contribution is 2.46. The van der Waals surface area contributed by atoms with Crippen LogP contribution in [0.2, 0.25) is 5.02 Å². The van der Waals surface area contributed by atoms with Gasteiger partial charge in [0.05, 0.1) is 17.4 Å². The van der Waals surface area contributed by atoms with Crippen LogP contribution in [0.25, 0.3) is 0 Å². The van der Waals surface area contributed by atoms with Gasteiger partial charge in [0.25, 0.3) is 0 Å². The molecule has 2 aliphatic heterocycles. The Morgan fingerprint density at radius 3 is 2.62 bits per heavy atom. The number of fused-ring (bicyclic) bond motifs is 1. The molecule has 1 saturated heterocycles. The maximum atomic E-state index is 14.2. The number of aliphatic carboxylic acids is 1. The molecule has 1 aromatic heterocycles. The second-order valence-corrected chi connectivity index (χ2v) is 11.9. The van der Waals surface area contributed by atoms with Gasteiger partial charge in [-0.25, -0.2) is 4.68 Å². The molecule has 3 atom stereocenters. The number of alkyl halides is 3. The molecule has 3 heterocycles. The molecule has 0 radical (unpaired) electrons. The van der Waals surface area contributed by atoms with E-state index < -0.39 is 47.5 Å². The summed E-state index contributed by atoms with van der Waals surface area (Å²) in [6, 6.07) is 2.40. The predicted molar refractivity (Wildman–Crippen MR) is 143 cm³/mol. The Morgan fingerprint density at radius 2 is 1.95 bits per heavy atom. The van der Waals surface area contributed by atoms with Gasteiger partial charge in [0.2, 0.25) is 11.8 Å². The van der Waals surface area contributed by atoms with E-state index >= 15 is 0 Å². The second kappa shape index (κ2) is 11.4. The molecule has 42 heavy (non-hydrogen) atoms. The second-order valence-electron chi connectivity index (χ2n) is 11.5. The van der Waals surface area contributed by atoms with Crippen LogP contribution in [-0.2, 0) is 40.6 Å². The van der Waals surface area contributed by atoms with Crippen LogP contribution >= 0.6 is 11.6 Å². The summed E-state index contributed by atoms with van der Waals surface area (Å²) in [5.41, 5.74) is -1.49. The minimum Gasteiger partial charge on any atom is -0.487 e. The summed E-state index contributed by atoms with van der Waals surface area (Å²) in [5, 5.41) is 17.6. The van der Waals surface area contributed by atoms with Crippen LogP contribution in [0.4, 0.5) is 13.2 Å². The lowest BCUT2D eigenvalue weighted by atomic mass is 9.66. The summed E-state index contributed by atoms with van der Waals surface area (Å²) in [7, 11) is 1.15. The monoisotopic (exact) mass is 611 g/mol. The van der Waals surface area contributed by atoms with Gasteiger partial charge in [0.15, 0.2) is 5.69 Å². The van der Waals surface area contributed by atoms with E-state index in [0.29, 0.717) is 65.9 Å². The van der Waals surface area contributed by atoms with Crippen molar-refractivity contribution >= 4 is 29.4 Å². The highest BCUT2D eigenvalue weighted by molar-refractivity contribution is 6.31. The van der Waals surface area contributed by atoms with Gasteiger partial charge in [-0.15, -0.1) is 5.10 Å². The van der Waals surface area contributed by atoms with Crippen LogP contribution in [-0.4, -0.2) is 67.3 Å². The smallest absolute Gasteiger partial charge is 0.435 e. The van der Waals surface area contributed by atoms with Crippen molar-refractivity contribution in [2.45, 2.75) is 70.7 Å². The quantitative estimate of drug-likeness (QED) is 0.493. The summed E-state index contributed by atoms with van der Waals surface area (Å²) in [4.78, 5) is 42.5. The first-order valence-corrected chi connectivity index (χ1v) is 14.4. The first kappa shape index (κ1) is 30.1. The maximum Gasteiger partial charge on any atom is 0.435 e. The van der Waals surface area contributed by atoms with E-state index in [-0.39, 0.29) is 30.7 Å². The van der Waals surface area contributed by atoms with Crippen LogP contribution in [0.3, 0.4) is 0 Å². The Bertz CT molecular complexity index is 1400. The number of aromatic nitrogens is 3. The number of benzene rings is 1. The van der Waals surface area contributed by atoms with E-state index in [0.717, 1.165) is 13.5 Å². The summed E-state index contributed by atoms with van der Waals surface area (Å²) in [5.74, 6) is -1.96. The summed E-state index contributed by atoms with van der Waals surface area (Å²) in [6.07, 6.45) is -1.11. The van der Waals surface area contributed by atoms with Crippen LogP contribution in [0, 0.1) is 11.3 Å². The van der Waals surface area contributed by atoms with Crippen molar-refractivity contribution in [3.63, 3.8) is 0 Å². The van der Waals surface area contributed by atoms with Gasteiger partial charge in [-0.05, 0) is 50.3 Å². The number of carbonyl (C=O) groups is 3. The van der Waals surface area contributed by atoms with Gasteiger partial charge in [0, 0.05) is 43.7 Å². The molecule has 14 heteroatoms. The molecule has 0 spiro atoms. The number of likely N-dealkylation sites (tertiary alicyclic amines) is 1. The maximum absolute atomic E-state index is 14.2. The Labute approximate surface area is 245 Å². The number of carboxylic acid groups (broad SMARTS) is 1. The van der Waals surface area contributed by atoms with Crippen molar-refractivity contribution in [2.24, 2.45) is 18.4 Å². The molecule has 1 aromatic carbocycles. The molecule has 228 valence electrons. The molecule has 2 amide bonds. The number of halogens is 4. The fraction of sp³-hybridized carbons (Fsp3) is 0.607. The fourth-order valence-electron chi connectivity index (χ4n) is 6.64. The first-order valence-electron chi connectivity index (χ1n) is 14.0. The van der Waals surface area contributed by atoms with Crippen molar-refractivity contribution in [1.82, 2.24) is 24.8 Å². The van der Waals surface area contributed by atoms with Gasteiger partial charge in [-0.2, -0.15) is 13.2 Å². The summed E-state index contributed by atoms with van der Waals surface area (Å²) < 4.78 is 47.6. The number of amides is 2. The lowest BCUT2D eigenvalue weighted by molar-refractivity contribution is -0.162. The molecule has 10 nitrogen and oxygen atoms in total.